The summed E-state index contributed by atoms with van der Waals surface area (Å²) >= 11 is 0. The van der Waals surface area contributed by atoms with Gasteiger partial charge in [-0.15, -0.1) is 0 Å². The van der Waals surface area contributed by atoms with Crippen molar-refractivity contribution in [1.82, 2.24) is 10.6 Å². The van der Waals surface area contributed by atoms with Gasteiger partial charge < -0.3 is 30.2 Å². The molecule has 2 atom stereocenters. The summed E-state index contributed by atoms with van der Waals surface area (Å²) in [5.41, 5.74) is 4.12. The first-order valence-electron chi connectivity index (χ1n) is 15.2. The Morgan fingerprint density at radius 3 is 2.22 bits per heavy atom. The summed E-state index contributed by atoms with van der Waals surface area (Å²) in [4.78, 5) is 38.2. The lowest BCUT2D eigenvalue weighted by Crippen LogP contribution is -2.34. The summed E-state index contributed by atoms with van der Waals surface area (Å²) in [5, 5.41) is 8.68. The van der Waals surface area contributed by atoms with Crippen LogP contribution in [0.2, 0.25) is 0 Å². The molecule has 0 aromatic heterocycles. The number of fused-ring (bicyclic) bond motifs is 3. The number of hydrogen-bond donors (Lipinski definition) is 3. The molecule has 0 saturated heterocycles. The zero-order chi connectivity index (χ0) is 32.0. The molecule has 2 aliphatic rings. The predicted molar refractivity (Wildman–Crippen MR) is 173 cm³/mol. The number of carbonyl (C=O) groups is 3. The van der Waals surface area contributed by atoms with E-state index in [-0.39, 0.29) is 36.8 Å². The third kappa shape index (κ3) is 7.92. The van der Waals surface area contributed by atoms with Gasteiger partial charge in [0.1, 0.15) is 23.7 Å². The van der Waals surface area contributed by atoms with Crippen molar-refractivity contribution in [2.45, 2.75) is 45.6 Å². The number of para-hydroxylation sites is 2. The fourth-order valence-electron chi connectivity index (χ4n) is 5.52. The molecule has 45 heavy (non-hydrogen) atoms. The van der Waals surface area contributed by atoms with E-state index in [1.165, 1.54) is 5.56 Å². The standard InChI is InChI=1S/C36H39N3O6/c1-5-43-31-12-8-6-10-29(31)33(40)38-25-14-16-27-23(21-25)20-24-22-26(15-17-28(24)27)39-34(41)30-11-7-9-13-32(30)44-19-18-37-35(42)45-36(2,3)4/h6-17,21-22,24,28H,5,18-20H2,1-4H3,(H,37,42)(H,38,40)(H,39,41). The molecule has 9 nitrogen and oxygen atoms in total. The van der Waals surface area contributed by atoms with E-state index in [0.29, 0.717) is 29.2 Å². The molecule has 9 heteroatoms. The fourth-order valence-corrected chi connectivity index (χ4v) is 5.52. The maximum Gasteiger partial charge on any atom is 0.407 e. The van der Waals surface area contributed by atoms with Crippen LogP contribution < -0.4 is 25.4 Å². The molecule has 2 aliphatic carbocycles. The number of nitrogens with one attached hydrogen (secondary N) is 3. The van der Waals surface area contributed by atoms with Crippen LogP contribution >= 0.6 is 0 Å². The van der Waals surface area contributed by atoms with Crippen LogP contribution in [0, 0.1) is 5.92 Å². The van der Waals surface area contributed by atoms with E-state index in [9.17, 15) is 14.4 Å². The first-order chi connectivity index (χ1) is 21.6. The number of anilines is 1. The average Bonchev–Trinajstić information content (AvgIpc) is 3.36. The molecule has 2 unspecified atom stereocenters. The zero-order valence-electron chi connectivity index (χ0n) is 26.0. The van der Waals surface area contributed by atoms with Gasteiger partial charge >= 0.3 is 6.09 Å². The lowest BCUT2D eigenvalue weighted by atomic mass is 9.88. The van der Waals surface area contributed by atoms with Crippen molar-refractivity contribution in [1.29, 1.82) is 0 Å². The summed E-state index contributed by atoms with van der Waals surface area (Å²) in [5.74, 6) is 0.841. The summed E-state index contributed by atoms with van der Waals surface area (Å²) in [7, 11) is 0. The molecular weight excluding hydrogens is 570 g/mol. The topological polar surface area (TPSA) is 115 Å². The predicted octanol–water partition coefficient (Wildman–Crippen LogP) is 6.38. The van der Waals surface area contributed by atoms with E-state index in [1.54, 1.807) is 57.2 Å². The average molecular weight is 610 g/mol. The number of rotatable bonds is 10. The van der Waals surface area contributed by atoms with Crippen LogP contribution in [-0.2, 0) is 11.2 Å². The number of alkyl carbamates (subject to hydrolysis) is 1. The highest BCUT2D eigenvalue weighted by Gasteiger charge is 2.32. The first kappa shape index (κ1) is 31.4. The van der Waals surface area contributed by atoms with Gasteiger partial charge in [0.2, 0.25) is 0 Å². The van der Waals surface area contributed by atoms with Crippen LogP contribution in [0.3, 0.4) is 0 Å². The lowest BCUT2D eigenvalue weighted by Gasteiger charge is -2.21. The quantitative estimate of drug-likeness (QED) is 0.230. The Morgan fingerprint density at radius 1 is 0.867 bits per heavy atom. The molecule has 3 aromatic carbocycles. The SMILES string of the molecule is CCOc1ccccc1C(=O)Nc1ccc2c(c1)CC1C=C(NC(=O)c3ccccc3OCCNC(=O)OC(C)(C)C)C=CC21. The Labute approximate surface area is 263 Å². The lowest BCUT2D eigenvalue weighted by molar-refractivity contribution is 0.0519. The molecule has 0 bridgehead atoms. The Bertz CT molecular complexity index is 1640. The van der Waals surface area contributed by atoms with Crippen molar-refractivity contribution in [3.05, 3.63) is 113 Å². The van der Waals surface area contributed by atoms with E-state index in [4.69, 9.17) is 14.2 Å². The van der Waals surface area contributed by atoms with E-state index >= 15 is 0 Å². The van der Waals surface area contributed by atoms with E-state index in [2.05, 4.69) is 34.2 Å². The normalized spacial score (nSPS) is 16.5. The van der Waals surface area contributed by atoms with Crippen molar-refractivity contribution in [2.75, 3.05) is 25.1 Å². The van der Waals surface area contributed by atoms with E-state index in [1.807, 2.05) is 37.3 Å². The van der Waals surface area contributed by atoms with Gasteiger partial charge in [-0.2, -0.15) is 0 Å². The molecular formula is C36H39N3O6. The molecule has 0 aliphatic heterocycles. The smallest absolute Gasteiger partial charge is 0.407 e. The van der Waals surface area contributed by atoms with Crippen LogP contribution in [0.25, 0.3) is 0 Å². The number of ether oxygens (including phenoxy) is 3. The Balaban J connectivity index is 1.19. The zero-order valence-corrected chi connectivity index (χ0v) is 26.0. The van der Waals surface area contributed by atoms with Crippen molar-refractivity contribution in [2.24, 2.45) is 5.92 Å². The van der Waals surface area contributed by atoms with Crippen LogP contribution in [-0.4, -0.2) is 43.3 Å². The summed E-state index contributed by atoms with van der Waals surface area (Å²) in [6.45, 7) is 8.16. The van der Waals surface area contributed by atoms with Gasteiger partial charge in [0.25, 0.3) is 11.8 Å². The van der Waals surface area contributed by atoms with Crippen molar-refractivity contribution < 1.29 is 28.6 Å². The maximum atomic E-state index is 13.3. The fraction of sp³-hybridized carbons (Fsp3) is 0.306. The van der Waals surface area contributed by atoms with Crippen LogP contribution in [0.5, 0.6) is 11.5 Å². The molecule has 0 fully saturated rings. The minimum Gasteiger partial charge on any atom is -0.493 e. The van der Waals surface area contributed by atoms with Gasteiger partial charge in [-0.05, 0) is 93.6 Å². The summed E-state index contributed by atoms with van der Waals surface area (Å²) < 4.78 is 16.7. The van der Waals surface area contributed by atoms with E-state index in [0.717, 1.165) is 23.4 Å². The van der Waals surface area contributed by atoms with Crippen molar-refractivity contribution >= 4 is 23.6 Å². The Kier molecular flexibility index (Phi) is 9.56. The highest BCUT2D eigenvalue weighted by molar-refractivity contribution is 6.06. The van der Waals surface area contributed by atoms with Gasteiger partial charge in [-0.3, -0.25) is 9.59 Å². The number of allylic oxidation sites excluding steroid dienone is 3. The Hall–Kier alpha value is -5.05. The monoisotopic (exact) mass is 609 g/mol. The molecule has 5 rings (SSSR count). The van der Waals surface area contributed by atoms with Crippen LogP contribution in [0.4, 0.5) is 10.5 Å². The van der Waals surface area contributed by atoms with Crippen molar-refractivity contribution in [3.8, 4) is 11.5 Å². The van der Waals surface area contributed by atoms with Crippen molar-refractivity contribution in [3.63, 3.8) is 0 Å². The first-order valence-corrected chi connectivity index (χ1v) is 15.2. The number of amides is 3. The minimum atomic E-state index is -0.586. The second-order valence-corrected chi connectivity index (χ2v) is 11.9. The third-order valence-electron chi connectivity index (χ3n) is 7.40. The third-order valence-corrected chi connectivity index (χ3v) is 7.40. The van der Waals surface area contributed by atoms with Gasteiger partial charge in [-0.25, -0.2) is 4.79 Å². The summed E-state index contributed by atoms with van der Waals surface area (Å²) in [6, 6.07) is 20.2. The highest BCUT2D eigenvalue weighted by atomic mass is 16.6. The number of benzene rings is 3. The molecule has 0 saturated carbocycles. The highest BCUT2D eigenvalue weighted by Crippen LogP contribution is 2.43. The van der Waals surface area contributed by atoms with Crippen LogP contribution in [0.15, 0.2) is 90.7 Å². The number of carbonyl (C=O) groups excluding carboxylic acids is 3. The van der Waals surface area contributed by atoms with E-state index < -0.39 is 11.7 Å². The second kappa shape index (κ2) is 13.7. The number of hydrogen-bond acceptors (Lipinski definition) is 6. The summed E-state index contributed by atoms with van der Waals surface area (Å²) in [6.07, 6.45) is 6.40. The second-order valence-electron chi connectivity index (χ2n) is 11.9. The molecule has 0 spiro atoms. The molecule has 3 amide bonds. The Morgan fingerprint density at radius 2 is 1.53 bits per heavy atom. The van der Waals surface area contributed by atoms with Gasteiger partial charge in [0, 0.05) is 17.3 Å². The van der Waals surface area contributed by atoms with Gasteiger partial charge in [0.05, 0.1) is 24.3 Å². The minimum absolute atomic E-state index is 0.176. The largest absolute Gasteiger partial charge is 0.493 e. The van der Waals surface area contributed by atoms with Crippen LogP contribution in [0.1, 0.15) is 65.5 Å². The van der Waals surface area contributed by atoms with Gasteiger partial charge in [-0.1, -0.05) is 42.5 Å². The van der Waals surface area contributed by atoms with Gasteiger partial charge in [0.15, 0.2) is 0 Å². The molecule has 3 aromatic rings. The maximum absolute atomic E-state index is 13.3. The molecule has 0 heterocycles. The molecule has 234 valence electrons. The molecule has 0 radical (unpaired) electrons. The molecule has 3 N–H and O–H groups in total.